The second kappa shape index (κ2) is 6.21. The van der Waals surface area contributed by atoms with Crippen LogP contribution in [-0.2, 0) is 0 Å². The molecule has 1 N–H and O–H groups in total. The number of thioether (sulfide) groups is 1. The minimum absolute atomic E-state index is 0.609. The van der Waals surface area contributed by atoms with E-state index in [4.69, 9.17) is 0 Å². The predicted molar refractivity (Wildman–Crippen MR) is 85.0 cm³/mol. The van der Waals surface area contributed by atoms with Crippen LogP contribution in [0.15, 0.2) is 29.2 Å². The van der Waals surface area contributed by atoms with Crippen molar-refractivity contribution in [3.8, 4) is 0 Å². The Kier molecular flexibility index (Phi) is 4.37. The number of benzene rings is 1. The van der Waals surface area contributed by atoms with E-state index in [1.165, 1.54) is 55.5 Å². The average molecular weight is 275 g/mol. The summed E-state index contributed by atoms with van der Waals surface area (Å²) in [6, 6.07) is 9.48. The molecule has 1 nitrogen and oxygen atoms in total. The normalized spacial score (nSPS) is 21.5. The van der Waals surface area contributed by atoms with Crippen LogP contribution in [0.25, 0.3) is 0 Å². The summed E-state index contributed by atoms with van der Waals surface area (Å²) in [7, 11) is 0. The van der Waals surface area contributed by atoms with Crippen molar-refractivity contribution in [1.29, 1.82) is 0 Å². The number of nitrogens with one attached hydrogen (secondary N) is 1. The van der Waals surface area contributed by atoms with E-state index in [9.17, 15) is 0 Å². The van der Waals surface area contributed by atoms with Gasteiger partial charge in [0.25, 0.3) is 0 Å². The number of hydrogen-bond donors (Lipinski definition) is 1. The lowest BCUT2D eigenvalue weighted by molar-refractivity contribution is 0.641. The predicted octanol–water partition coefficient (Wildman–Crippen LogP) is 5.32. The van der Waals surface area contributed by atoms with Gasteiger partial charge in [0.2, 0.25) is 0 Å². The molecule has 0 saturated heterocycles. The van der Waals surface area contributed by atoms with Crippen LogP contribution in [0.3, 0.4) is 0 Å². The molecular formula is C17H25NS. The summed E-state index contributed by atoms with van der Waals surface area (Å²) in [6.45, 7) is 2.33. The number of para-hydroxylation sites is 1. The highest BCUT2D eigenvalue weighted by Crippen LogP contribution is 2.39. The van der Waals surface area contributed by atoms with E-state index < -0.39 is 0 Å². The molecule has 0 aliphatic heterocycles. The molecule has 1 aromatic carbocycles. The van der Waals surface area contributed by atoms with Crippen LogP contribution < -0.4 is 5.32 Å². The van der Waals surface area contributed by atoms with Gasteiger partial charge in [-0.15, -0.1) is 11.8 Å². The molecule has 2 aliphatic rings. The lowest BCUT2D eigenvalue weighted by atomic mass is 10.1. The molecule has 0 spiro atoms. The molecule has 2 aliphatic carbocycles. The van der Waals surface area contributed by atoms with E-state index in [-0.39, 0.29) is 0 Å². The maximum Gasteiger partial charge on any atom is 0.0480 e. The van der Waals surface area contributed by atoms with Gasteiger partial charge >= 0.3 is 0 Å². The van der Waals surface area contributed by atoms with E-state index in [1.807, 2.05) is 0 Å². The highest BCUT2D eigenvalue weighted by atomic mass is 32.2. The highest BCUT2D eigenvalue weighted by molar-refractivity contribution is 8.00. The third-order valence-electron chi connectivity index (χ3n) is 4.27. The molecule has 104 valence electrons. The molecule has 2 saturated carbocycles. The first kappa shape index (κ1) is 13.4. The Morgan fingerprint density at radius 3 is 2.63 bits per heavy atom. The summed E-state index contributed by atoms with van der Waals surface area (Å²) < 4.78 is 0. The minimum atomic E-state index is 0.609. The molecule has 0 radical (unpaired) electrons. The van der Waals surface area contributed by atoms with Crippen LogP contribution in [0.4, 0.5) is 5.69 Å². The Bertz CT molecular complexity index is 407. The first-order chi connectivity index (χ1) is 9.31. The van der Waals surface area contributed by atoms with E-state index in [0.29, 0.717) is 6.04 Å². The maximum atomic E-state index is 3.73. The summed E-state index contributed by atoms with van der Waals surface area (Å²) in [4.78, 5) is 1.46. The Labute approximate surface area is 121 Å². The maximum absolute atomic E-state index is 3.73. The van der Waals surface area contributed by atoms with Crippen LogP contribution in [0.5, 0.6) is 0 Å². The van der Waals surface area contributed by atoms with Gasteiger partial charge < -0.3 is 5.32 Å². The number of anilines is 1. The highest BCUT2D eigenvalue weighted by Gasteiger charge is 2.24. The topological polar surface area (TPSA) is 12.0 Å². The van der Waals surface area contributed by atoms with Gasteiger partial charge in [0.1, 0.15) is 0 Å². The van der Waals surface area contributed by atoms with Gasteiger partial charge in [0.15, 0.2) is 0 Å². The van der Waals surface area contributed by atoms with Crippen molar-refractivity contribution in [3.63, 3.8) is 0 Å². The van der Waals surface area contributed by atoms with Crippen LogP contribution in [0, 0.1) is 5.92 Å². The molecule has 1 unspecified atom stereocenters. The second-order valence-corrected chi connectivity index (χ2v) is 7.59. The number of hydrogen-bond acceptors (Lipinski definition) is 2. The molecule has 1 atom stereocenters. The molecule has 0 aromatic heterocycles. The fraction of sp³-hybridized carbons (Fsp3) is 0.647. The summed E-state index contributed by atoms with van der Waals surface area (Å²) in [5.41, 5.74) is 1.35. The van der Waals surface area contributed by atoms with Crippen molar-refractivity contribution >= 4 is 17.4 Å². The fourth-order valence-corrected chi connectivity index (χ4v) is 4.39. The zero-order valence-electron chi connectivity index (χ0n) is 11.9. The van der Waals surface area contributed by atoms with Crippen LogP contribution >= 0.6 is 11.8 Å². The van der Waals surface area contributed by atoms with Gasteiger partial charge in [-0.3, -0.25) is 0 Å². The zero-order chi connectivity index (χ0) is 13.1. The Balaban J connectivity index is 1.61. The Morgan fingerprint density at radius 1 is 1.16 bits per heavy atom. The zero-order valence-corrected chi connectivity index (χ0v) is 12.7. The SMILES string of the molecule is CC(CC1CC1)Nc1ccccc1SC1CCCC1. The first-order valence-corrected chi connectivity index (χ1v) is 8.71. The molecule has 0 heterocycles. The lowest BCUT2D eigenvalue weighted by Gasteiger charge is -2.19. The van der Waals surface area contributed by atoms with Crippen molar-refractivity contribution in [3.05, 3.63) is 24.3 Å². The van der Waals surface area contributed by atoms with Crippen molar-refractivity contribution < 1.29 is 0 Å². The molecule has 3 rings (SSSR count). The van der Waals surface area contributed by atoms with E-state index >= 15 is 0 Å². The molecule has 2 heteroatoms. The van der Waals surface area contributed by atoms with Crippen molar-refractivity contribution in [2.24, 2.45) is 5.92 Å². The summed E-state index contributed by atoms with van der Waals surface area (Å²) in [5.74, 6) is 0.997. The van der Waals surface area contributed by atoms with E-state index in [2.05, 4.69) is 48.3 Å². The van der Waals surface area contributed by atoms with Crippen molar-refractivity contribution in [1.82, 2.24) is 0 Å². The summed E-state index contributed by atoms with van der Waals surface area (Å²) in [5, 5.41) is 4.58. The van der Waals surface area contributed by atoms with Gasteiger partial charge in [0.05, 0.1) is 0 Å². The third kappa shape index (κ3) is 3.92. The van der Waals surface area contributed by atoms with Crippen molar-refractivity contribution in [2.75, 3.05) is 5.32 Å². The first-order valence-electron chi connectivity index (χ1n) is 7.83. The van der Waals surface area contributed by atoms with Gasteiger partial charge in [-0.2, -0.15) is 0 Å². The smallest absolute Gasteiger partial charge is 0.0480 e. The van der Waals surface area contributed by atoms with Gasteiger partial charge in [0, 0.05) is 21.9 Å². The summed E-state index contributed by atoms with van der Waals surface area (Å²) >= 11 is 2.09. The summed E-state index contributed by atoms with van der Waals surface area (Å²) in [6.07, 6.45) is 9.88. The van der Waals surface area contributed by atoms with Crippen LogP contribution in [0.2, 0.25) is 0 Å². The van der Waals surface area contributed by atoms with Crippen LogP contribution in [0.1, 0.15) is 51.9 Å². The van der Waals surface area contributed by atoms with E-state index in [1.54, 1.807) is 0 Å². The molecule has 19 heavy (non-hydrogen) atoms. The van der Waals surface area contributed by atoms with Gasteiger partial charge in [-0.05, 0) is 44.2 Å². The van der Waals surface area contributed by atoms with Gasteiger partial charge in [-0.25, -0.2) is 0 Å². The standard InChI is InChI=1S/C17H25NS/c1-13(12-14-10-11-14)18-16-8-4-5-9-17(16)19-15-6-2-3-7-15/h4-5,8-9,13-15,18H,2-3,6-7,10-12H2,1H3. The van der Waals surface area contributed by atoms with Crippen LogP contribution in [-0.4, -0.2) is 11.3 Å². The minimum Gasteiger partial charge on any atom is -0.382 e. The Hall–Kier alpha value is -0.630. The number of rotatable bonds is 6. The molecule has 1 aromatic rings. The molecule has 2 fully saturated rings. The quantitative estimate of drug-likeness (QED) is 0.754. The van der Waals surface area contributed by atoms with Gasteiger partial charge in [-0.1, -0.05) is 37.8 Å². The molecule has 0 amide bonds. The lowest BCUT2D eigenvalue weighted by Crippen LogP contribution is -2.16. The largest absolute Gasteiger partial charge is 0.382 e. The monoisotopic (exact) mass is 275 g/mol. The van der Waals surface area contributed by atoms with E-state index in [0.717, 1.165) is 11.2 Å². The molecular weight excluding hydrogens is 250 g/mol. The molecule has 0 bridgehead atoms. The van der Waals surface area contributed by atoms with Crippen molar-refractivity contribution in [2.45, 2.75) is 68.1 Å². The fourth-order valence-electron chi connectivity index (χ4n) is 3.05. The second-order valence-electron chi connectivity index (χ2n) is 6.24. The average Bonchev–Trinajstić information content (AvgIpc) is 3.05. The third-order valence-corrected chi connectivity index (χ3v) is 5.68. The Morgan fingerprint density at radius 2 is 1.89 bits per heavy atom.